The minimum Gasteiger partial charge on any atom is -0.369 e. The maximum atomic E-state index is 12.5. The number of hydrogen-bond acceptors (Lipinski definition) is 4. The van der Waals surface area contributed by atoms with Gasteiger partial charge in [-0.15, -0.1) is 0 Å². The van der Waals surface area contributed by atoms with E-state index in [1.807, 2.05) is 29.2 Å². The molecule has 0 atom stereocenters. The van der Waals surface area contributed by atoms with Crippen LogP contribution in [0.4, 0.5) is 5.69 Å². The molecule has 2 saturated heterocycles. The molecular formula is C18H25ClN4O2. The molecule has 2 aliphatic heterocycles. The summed E-state index contributed by atoms with van der Waals surface area (Å²) in [4.78, 5) is 30.0. The molecule has 0 bridgehead atoms. The van der Waals surface area contributed by atoms with Crippen molar-refractivity contribution in [2.75, 3.05) is 50.7 Å². The number of hydrogen-bond donors (Lipinski definition) is 1. The van der Waals surface area contributed by atoms with Gasteiger partial charge in [-0.1, -0.05) is 23.7 Å². The van der Waals surface area contributed by atoms with E-state index in [0.717, 1.165) is 36.9 Å². The molecule has 0 unspecified atom stereocenters. The van der Waals surface area contributed by atoms with Crippen LogP contribution in [0.3, 0.4) is 0 Å². The SMILES string of the molecule is NC(=O)C1CCN(C(=O)CN2CCN(c3ccccc3Cl)CC2)CC1. The number of anilines is 1. The van der Waals surface area contributed by atoms with Gasteiger partial charge in [-0.05, 0) is 25.0 Å². The van der Waals surface area contributed by atoms with Crippen LogP contribution in [0.15, 0.2) is 24.3 Å². The Morgan fingerprint density at radius 2 is 1.68 bits per heavy atom. The van der Waals surface area contributed by atoms with Crippen LogP contribution in [0.25, 0.3) is 0 Å². The zero-order valence-corrected chi connectivity index (χ0v) is 15.1. The van der Waals surface area contributed by atoms with Crippen molar-refractivity contribution in [2.24, 2.45) is 11.7 Å². The van der Waals surface area contributed by atoms with E-state index >= 15 is 0 Å². The molecule has 2 aliphatic rings. The van der Waals surface area contributed by atoms with Crippen LogP contribution < -0.4 is 10.6 Å². The number of piperidine rings is 1. The van der Waals surface area contributed by atoms with Gasteiger partial charge < -0.3 is 15.5 Å². The predicted molar refractivity (Wildman–Crippen MR) is 98.6 cm³/mol. The summed E-state index contributed by atoms with van der Waals surface area (Å²) in [5.41, 5.74) is 6.40. The van der Waals surface area contributed by atoms with Crippen LogP contribution >= 0.6 is 11.6 Å². The number of halogens is 1. The molecular weight excluding hydrogens is 340 g/mol. The first-order chi connectivity index (χ1) is 12.0. The van der Waals surface area contributed by atoms with Crippen LogP contribution in [0, 0.1) is 5.92 Å². The summed E-state index contributed by atoms with van der Waals surface area (Å²) < 4.78 is 0. The second-order valence-corrected chi connectivity index (χ2v) is 7.18. The third kappa shape index (κ3) is 4.44. The number of piperazine rings is 1. The number of para-hydroxylation sites is 1. The summed E-state index contributed by atoms with van der Waals surface area (Å²) >= 11 is 6.26. The lowest BCUT2D eigenvalue weighted by Crippen LogP contribution is -2.51. The van der Waals surface area contributed by atoms with Crippen LogP contribution in [-0.4, -0.2) is 67.4 Å². The lowest BCUT2D eigenvalue weighted by atomic mass is 9.96. The van der Waals surface area contributed by atoms with Crippen LogP contribution in [-0.2, 0) is 9.59 Å². The molecule has 6 nitrogen and oxygen atoms in total. The highest BCUT2D eigenvalue weighted by Crippen LogP contribution is 2.26. The van der Waals surface area contributed by atoms with Gasteiger partial charge in [0.25, 0.3) is 0 Å². The normalized spacial score (nSPS) is 19.9. The molecule has 0 radical (unpaired) electrons. The van der Waals surface area contributed by atoms with Crippen molar-refractivity contribution in [1.29, 1.82) is 0 Å². The van der Waals surface area contributed by atoms with E-state index in [2.05, 4.69) is 9.80 Å². The maximum Gasteiger partial charge on any atom is 0.236 e. The molecule has 25 heavy (non-hydrogen) atoms. The van der Waals surface area contributed by atoms with Crippen LogP contribution in [0.1, 0.15) is 12.8 Å². The third-order valence-corrected chi connectivity index (χ3v) is 5.49. The molecule has 1 aromatic carbocycles. The van der Waals surface area contributed by atoms with Crippen molar-refractivity contribution in [1.82, 2.24) is 9.80 Å². The monoisotopic (exact) mass is 364 g/mol. The van der Waals surface area contributed by atoms with Gasteiger partial charge in [0.1, 0.15) is 0 Å². The molecule has 7 heteroatoms. The van der Waals surface area contributed by atoms with Gasteiger partial charge in [-0.2, -0.15) is 0 Å². The smallest absolute Gasteiger partial charge is 0.236 e. The number of rotatable bonds is 4. The summed E-state index contributed by atoms with van der Waals surface area (Å²) in [6, 6.07) is 7.86. The molecule has 1 aromatic rings. The van der Waals surface area contributed by atoms with E-state index in [1.54, 1.807) is 0 Å². The molecule has 2 amide bonds. The Hall–Kier alpha value is -1.79. The summed E-state index contributed by atoms with van der Waals surface area (Å²) in [5.74, 6) is -0.180. The highest BCUT2D eigenvalue weighted by atomic mass is 35.5. The lowest BCUT2D eigenvalue weighted by molar-refractivity contribution is -0.136. The second kappa shape index (κ2) is 8.06. The van der Waals surface area contributed by atoms with Gasteiger partial charge in [0, 0.05) is 45.2 Å². The number of carbonyl (C=O) groups is 2. The molecule has 0 spiro atoms. The zero-order valence-electron chi connectivity index (χ0n) is 14.4. The minimum absolute atomic E-state index is 0.0804. The minimum atomic E-state index is -0.247. The fourth-order valence-electron chi connectivity index (χ4n) is 3.56. The van der Waals surface area contributed by atoms with Gasteiger partial charge in [0.15, 0.2) is 0 Å². The summed E-state index contributed by atoms with van der Waals surface area (Å²) in [7, 11) is 0. The van der Waals surface area contributed by atoms with E-state index in [0.29, 0.717) is 32.5 Å². The molecule has 2 fully saturated rings. The topological polar surface area (TPSA) is 69.9 Å². The number of primary amides is 1. The molecule has 3 rings (SSSR count). The van der Waals surface area contributed by atoms with Gasteiger partial charge in [-0.25, -0.2) is 0 Å². The van der Waals surface area contributed by atoms with E-state index in [4.69, 9.17) is 17.3 Å². The molecule has 136 valence electrons. The highest BCUT2D eigenvalue weighted by Gasteiger charge is 2.27. The molecule has 0 saturated carbocycles. The van der Waals surface area contributed by atoms with E-state index < -0.39 is 0 Å². The Kier molecular flexibility index (Phi) is 5.81. The van der Waals surface area contributed by atoms with Crippen molar-refractivity contribution in [3.05, 3.63) is 29.3 Å². The summed E-state index contributed by atoms with van der Waals surface area (Å²) in [6.07, 6.45) is 1.36. The molecule has 2 heterocycles. The number of nitrogens with two attached hydrogens (primary N) is 1. The molecule has 2 N–H and O–H groups in total. The first-order valence-corrected chi connectivity index (χ1v) is 9.21. The summed E-state index contributed by atoms with van der Waals surface area (Å²) in [5, 5.41) is 0.768. The Bertz CT molecular complexity index is 623. The van der Waals surface area contributed by atoms with Crippen molar-refractivity contribution in [2.45, 2.75) is 12.8 Å². The van der Waals surface area contributed by atoms with Crippen molar-refractivity contribution >= 4 is 29.1 Å². The first-order valence-electron chi connectivity index (χ1n) is 8.83. The van der Waals surface area contributed by atoms with Crippen LogP contribution in [0.2, 0.25) is 5.02 Å². The van der Waals surface area contributed by atoms with E-state index in [9.17, 15) is 9.59 Å². The fraction of sp³-hybridized carbons (Fsp3) is 0.556. The Morgan fingerprint density at radius 3 is 2.28 bits per heavy atom. The third-order valence-electron chi connectivity index (χ3n) is 5.17. The van der Waals surface area contributed by atoms with E-state index in [-0.39, 0.29) is 17.7 Å². The number of nitrogens with zero attached hydrogens (tertiary/aromatic N) is 3. The number of carbonyl (C=O) groups excluding carboxylic acids is 2. The fourth-order valence-corrected chi connectivity index (χ4v) is 3.82. The maximum absolute atomic E-state index is 12.5. The average Bonchev–Trinajstić information content (AvgIpc) is 2.63. The van der Waals surface area contributed by atoms with Gasteiger partial charge in [-0.3, -0.25) is 14.5 Å². The van der Waals surface area contributed by atoms with Crippen molar-refractivity contribution < 1.29 is 9.59 Å². The Balaban J connectivity index is 1.45. The number of amides is 2. The van der Waals surface area contributed by atoms with Crippen molar-refractivity contribution in [3.63, 3.8) is 0 Å². The van der Waals surface area contributed by atoms with Gasteiger partial charge in [0.05, 0.1) is 17.3 Å². The average molecular weight is 365 g/mol. The second-order valence-electron chi connectivity index (χ2n) is 6.77. The standard InChI is InChI=1S/C18H25ClN4O2/c19-15-3-1-2-4-16(15)22-11-9-21(10-12-22)13-17(24)23-7-5-14(6-8-23)18(20)25/h1-4,14H,5-13H2,(H2,20,25). The van der Waals surface area contributed by atoms with Gasteiger partial charge in [0.2, 0.25) is 11.8 Å². The first kappa shape index (κ1) is 18.0. The molecule has 0 aliphatic carbocycles. The molecule has 0 aromatic heterocycles. The lowest BCUT2D eigenvalue weighted by Gasteiger charge is -2.37. The van der Waals surface area contributed by atoms with E-state index in [1.165, 1.54) is 0 Å². The quantitative estimate of drug-likeness (QED) is 0.871. The number of benzene rings is 1. The Labute approximate surface area is 153 Å². The number of likely N-dealkylation sites (tertiary alicyclic amines) is 1. The largest absolute Gasteiger partial charge is 0.369 e. The van der Waals surface area contributed by atoms with Gasteiger partial charge >= 0.3 is 0 Å². The van der Waals surface area contributed by atoms with Crippen LogP contribution in [0.5, 0.6) is 0 Å². The zero-order chi connectivity index (χ0) is 17.8. The predicted octanol–water partition coefficient (Wildman–Crippen LogP) is 1.19. The highest BCUT2D eigenvalue weighted by molar-refractivity contribution is 6.33. The van der Waals surface area contributed by atoms with Crippen molar-refractivity contribution in [3.8, 4) is 0 Å². The Morgan fingerprint density at radius 1 is 1.04 bits per heavy atom. The summed E-state index contributed by atoms with van der Waals surface area (Å²) in [6.45, 7) is 5.11.